The number of urea groups is 1. The van der Waals surface area contributed by atoms with Gasteiger partial charge in [0.2, 0.25) is 11.8 Å². The van der Waals surface area contributed by atoms with Crippen molar-refractivity contribution in [3.63, 3.8) is 0 Å². The summed E-state index contributed by atoms with van der Waals surface area (Å²) in [7, 11) is 1.33. The summed E-state index contributed by atoms with van der Waals surface area (Å²) in [6.07, 6.45) is 3.13. The molecule has 2 rings (SSSR count). The van der Waals surface area contributed by atoms with Gasteiger partial charge in [0.15, 0.2) is 6.61 Å². The predicted molar refractivity (Wildman–Crippen MR) is 75.7 cm³/mol. The van der Waals surface area contributed by atoms with E-state index in [1.807, 2.05) is 5.32 Å². The van der Waals surface area contributed by atoms with Gasteiger partial charge in [0.1, 0.15) is 6.54 Å². The highest BCUT2D eigenvalue weighted by Crippen LogP contribution is 2.37. The number of fused-ring (bicyclic) bond motifs is 1. The van der Waals surface area contributed by atoms with E-state index in [0.717, 1.165) is 17.7 Å². The number of hydrogen-bond donors (Lipinski definition) is 2. The third-order valence-corrected chi connectivity index (χ3v) is 4.06. The lowest BCUT2D eigenvalue weighted by atomic mass is 9.81. The number of carbonyl (C=O) groups is 5. The van der Waals surface area contributed by atoms with Gasteiger partial charge in [0.25, 0.3) is 5.91 Å². The molecule has 23 heavy (non-hydrogen) atoms. The SMILES string of the molecule is CNC(=O)NC(=O)COC(=O)CN1C(=O)[C@H]2CCCC[C@H]2C1=O. The first-order valence-corrected chi connectivity index (χ1v) is 7.46. The highest BCUT2D eigenvalue weighted by molar-refractivity contribution is 6.07. The second-order valence-corrected chi connectivity index (χ2v) is 5.55. The summed E-state index contributed by atoms with van der Waals surface area (Å²) in [5.74, 6) is -3.01. The molecule has 1 saturated carbocycles. The molecule has 0 unspecified atom stereocenters. The van der Waals surface area contributed by atoms with Gasteiger partial charge in [-0.3, -0.25) is 29.4 Å². The molecule has 0 radical (unpaired) electrons. The van der Waals surface area contributed by atoms with E-state index >= 15 is 0 Å². The van der Waals surface area contributed by atoms with Crippen LogP contribution in [0, 0.1) is 11.8 Å². The molecule has 0 aromatic heterocycles. The summed E-state index contributed by atoms with van der Waals surface area (Å²) < 4.78 is 4.68. The Morgan fingerprint density at radius 2 is 1.70 bits per heavy atom. The quantitative estimate of drug-likeness (QED) is 0.513. The van der Waals surface area contributed by atoms with Crippen LogP contribution in [0.1, 0.15) is 25.7 Å². The minimum absolute atomic E-state index is 0.333. The van der Waals surface area contributed by atoms with Crippen LogP contribution >= 0.6 is 0 Å². The fourth-order valence-electron chi connectivity index (χ4n) is 2.93. The molecule has 9 nitrogen and oxygen atoms in total. The molecule has 5 amide bonds. The summed E-state index contributed by atoms with van der Waals surface area (Å²) in [6, 6.07) is -0.722. The van der Waals surface area contributed by atoms with Crippen molar-refractivity contribution in [1.29, 1.82) is 0 Å². The van der Waals surface area contributed by atoms with Crippen LogP contribution in [0.4, 0.5) is 4.79 Å². The number of carbonyl (C=O) groups excluding carboxylic acids is 5. The Labute approximate surface area is 132 Å². The van der Waals surface area contributed by atoms with Crippen LogP contribution in [-0.2, 0) is 23.9 Å². The summed E-state index contributed by atoms with van der Waals surface area (Å²) in [4.78, 5) is 59.2. The molecule has 0 bridgehead atoms. The third kappa shape index (κ3) is 3.85. The van der Waals surface area contributed by atoms with Crippen molar-refractivity contribution >= 4 is 29.7 Å². The van der Waals surface area contributed by atoms with Gasteiger partial charge < -0.3 is 10.1 Å². The number of nitrogens with one attached hydrogen (secondary N) is 2. The highest BCUT2D eigenvalue weighted by atomic mass is 16.5. The smallest absolute Gasteiger partial charge is 0.326 e. The van der Waals surface area contributed by atoms with Gasteiger partial charge in [-0.05, 0) is 12.8 Å². The maximum Gasteiger partial charge on any atom is 0.326 e. The Morgan fingerprint density at radius 3 is 2.22 bits per heavy atom. The van der Waals surface area contributed by atoms with E-state index < -0.39 is 31.1 Å². The maximum absolute atomic E-state index is 12.2. The molecule has 126 valence electrons. The van der Waals surface area contributed by atoms with E-state index in [1.165, 1.54) is 7.05 Å². The zero-order valence-corrected chi connectivity index (χ0v) is 12.8. The number of likely N-dealkylation sites (tertiary alicyclic amines) is 1. The molecule has 1 saturated heterocycles. The van der Waals surface area contributed by atoms with Crippen molar-refractivity contribution in [3.05, 3.63) is 0 Å². The molecule has 2 N–H and O–H groups in total. The van der Waals surface area contributed by atoms with Gasteiger partial charge >= 0.3 is 12.0 Å². The number of esters is 1. The van der Waals surface area contributed by atoms with E-state index in [0.29, 0.717) is 12.8 Å². The summed E-state index contributed by atoms with van der Waals surface area (Å²) in [5.41, 5.74) is 0. The van der Waals surface area contributed by atoms with Crippen LogP contribution in [0.15, 0.2) is 0 Å². The largest absolute Gasteiger partial charge is 0.454 e. The van der Waals surface area contributed by atoms with Crippen molar-refractivity contribution in [3.8, 4) is 0 Å². The first-order valence-electron chi connectivity index (χ1n) is 7.46. The Hall–Kier alpha value is -2.45. The van der Waals surface area contributed by atoms with Crippen LogP contribution in [0.2, 0.25) is 0 Å². The van der Waals surface area contributed by atoms with Gasteiger partial charge in [-0.15, -0.1) is 0 Å². The lowest BCUT2D eigenvalue weighted by Gasteiger charge is -2.19. The number of rotatable bonds is 4. The van der Waals surface area contributed by atoms with Gasteiger partial charge in [0.05, 0.1) is 11.8 Å². The van der Waals surface area contributed by atoms with E-state index in [4.69, 9.17) is 0 Å². The molecule has 0 aromatic rings. The average Bonchev–Trinajstić information content (AvgIpc) is 2.78. The molecule has 2 fully saturated rings. The van der Waals surface area contributed by atoms with E-state index in [9.17, 15) is 24.0 Å². The summed E-state index contributed by atoms with van der Waals surface area (Å²) in [5, 5.41) is 4.10. The van der Waals surface area contributed by atoms with Crippen molar-refractivity contribution in [2.24, 2.45) is 11.8 Å². The van der Waals surface area contributed by atoms with Gasteiger partial charge in [-0.1, -0.05) is 12.8 Å². The Balaban J connectivity index is 1.83. The lowest BCUT2D eigenvalue weighted by Crippen LogP contribution is -2.41. The Kier molecular flexibility index (Phi) is 5.30. The highest BCUT2D eigenvalue weighted by Gasteiger charge is 2.48. The van der Waals surface area contributed by atoms with Gasteiger partial charge in [-0.2, -0.15) is 0 Å². The molecule has 1 aliphatic carbocycles. The fraction of sp³-hybridized carbons (Fsp3) is 0.643. The van der Waals surface area contributed by atoms with Crippen LogP contribution in [0.5, 0.6) is 0 Å². The van der Waals surface area contributed by atoms with E-state index in [2.05, 4.69) is 10.1 Å². The molecule has 1 heterocycles. The molecule has 2 atom stereocenters. The van der Waals surface area contributed by atoms with Gasteiger partial charge in [-0.25, -0.2) is 4.79 Å². The molecule has 1 aliphatic heterocycles. The van der Waals surface area contributed by atoms with Crippen LogP contribution in [0.3, 0.4) is 0 Å². The Bertz CT molecular complexity index is 523. The Morgan fingerprint density at radius 1 is 1.13 bits per heavy atom. The standard InChI is InChI=1S/C14H19N3O6/c1-15-14(22)16-10(18)7-23-11(19)6-17-12(20)8-4-2-3-5-9(8)13(17)21/h8-9H,2-7H2,1H3,(H2,15,16,18,22)/t8-,9+. The van der Waals surface area contributed by atoms with Crippen molar-refractivity contribution in [2.45, 2.75) is 25.7 Å². The summed E-state index contributed by atoms with van der Waals surface area (Å²) in [6.45, 7) is -1.16. The minimum Gasteiger partial charge on any atom is -0.454 e. The molecular formula is C14H19N3O6. The third-order valence-electron chi connectivity index (χ3n) is 4.06. The first-order chi connectivity index (χ1) is 10.9. The van der Waals surface area contributed by atoms with Crippen molar-refractivity contribution in [1.82, 2.24) is 15.5 Å². The number of imide groups is 2. The lowest BCUT2D eigenvalue weighted by molar-refractivity contribution is -0.154. The van der Waals surface area contributed by atoms with E-state index in [1.54, 1.807) is 0 Å². The van der Waals surface area contributed by atoms with Crippen molar-refractivity contribution < 1.29 is 28.7 Å². The monoisotopic (exact) mass is 325 g/mol. The molecular weight excluding hydrogens is 306 g/mol. The molecule has 0 aromatic carbocycles. The number of amides is 5. The second-order valence-electron chi connectivity index (χ2n) is 5.55. The fourth-order valence-corrected chi connectivity index (χ4v) is 2.93. The molecule has 2 aliphatic rings. The van der Waals surface area contributed by atoms with Crippen molar-refractivity contribution in [2.75, 3.05) is 20.2 Å². The average molecular weight is 325 g/mol. The number of nitrogens with zero attached hydrogens (tertiary/aromatic N) is 1. The minimum atomic E-state index is -0.864. The van der Waals surface area contributed by atoms with Gasteiger partial charge in [0, 0.05) is 7.05 Å². The van der Waals surface area contributed by atoms with Crippen LogP contribution in [0.25, 0.3) is 0 Å². The second kappa shape index (κ2) is 7.21. The van der Waals surface area contributed by atoms with Crippen LogP contribution < -0.4 is 10.6 Å². The van der Waals surface area contributed by atoms with E-state index in [-0.39, 0.29) is 23.7 Å². The summed E-state index contributed by atoms with van der Waals surface area (Å²) >= 11 is 0. The normalized spacial score (nSPS) is 23.3. The zero-order valence-electron chi connectivity index (χ0n) is 12.8. The number of ether oxygens (including phenoxy) is 1. The molecule has 9 heteroatoms. The number of hydrogen-bond acceptors (Lipinski definition) is 6. The first kappa shape index (κ1) is 16.9. The maximum atomic E-state index is 12.2. The van der Waals surface area contributed by atoms with Crippen LogP contribution in [-0.4, -0.2) is 54.8 Å². The zero-order chi connectivity index (χ0) is 17.0. The predicted octanol–water partition coefficient (Wildman–Crippen LogP) is -0.840. The molecule has 0 spiro atoms. The topological polar surface area (TPSA) is 122 Å².